The molecule has 2 aliphatic rings. The fourth-order valence-electron chi connectivity index (χ4n) is 2.96. The third-order valence-corrected chi connectivity index (χ3v) is 4.46. The fraction of sp³-hybridized carbons (Fsp3) is 0.316. The predicted molar refractivity (Wildman–Crippen MR) is 104 cm³/mol. The average Bonchev–Trinajstić information content (AvgIpc) is 2.74. The van der Waals surface area contributed by atoms with E-state index in [2.05, 4.69) is 30.1 Å². The van der Waals surface area contributed by atoms with E-state index in [1.165, 1.54) is 24.7 Å². The summed E-state index contributed by atoms with van der Waals surface area (Å²) in [6.07, 6.45) is 6.60. The van der Waals surface area contributed by atoms with Gasteiger partial charge in [-0.15, -0.1) is 0 Å². The van der Waals surface area contributed by atoms with Crippen molar-refractivity contribution >= 4 is 6.21 Å². The lowest BCUT2D eigenvalue weighted by Gasteiger charge is -2.37. The minimum Gasteiger partial charge on any atom is -0.505 e. The van der Waals surface area contributed by atoms with Crippen LogP contribution in [-0.4, -0.2) is 63.9 Å². The molecule has 1 aromatic carbocycles. The number of nitrogens with one attached hydrogen (secondary N) is 2. The summed E-state index contributed by atoms with van der Waals surface area (Å²) in [5.74, 6) is 0.327. The lowest BCUT2D eigenvalue weighted by atomic mass is 10.1. The molecule has 3 N–H and O–H groups in total. The van der Waals surface area contributed by atoms with Crippen LogP contribution in [0.2, 0.25) is 0 Å². The number of halogens is 1. The van der Waals surface area contributed by atoms with Gasteiger partial charge in [0.2, 0.25) is 0 Å². The topological polar surface area (TPSA) is 96.8 Å². The van der Waals surface area contributed by atoms with Crippen LogP contribution in [-0.2, 0) is 6.54 Å². The number of H-pyrrole nitrogens is 1. The Labute approximate surface area is 162 Å². The summed E-state index contributed by atoms with van der Waals surface area (Å²) in [5, 5.41) is 13.0. The molecule has 9 heteroatoms. The summed E-state index contributed by atoms with van der Waals surface area (Å²) < 4.78 is 13.3. The predicted octanol–water partition coefficient (Wildman–Crippen LogP) is 0.892. The van der Waals surface area contributed by atoms with Crippen molar-refractivity contribution in [1.29, 1.82) is 0 Å². The van der Waals surface area contributed by atoms with Crippen LogP contribution in [0.15, 0.2) is 58.5 Å². The lowest BCUT2D eigenvalue weighted by molar-refractivity contribution is 0.145. The largest absolute Gasteiger partial charge is 0.505 e. The summed E-state index contributed by atoms with van der Waals surface area (Å²) in [6, 6.07) is 6.04. The van der Waals surface area contributed by atoms with Crippen molar-refractivity contribution in [2.45, 2.75) is 6.54 Å². The molecular weight excluding hydrogens is 363 g/mol. The summed E-state index contributed by atoms with van der Waals surface area (Å²) in [4.78, 5) is 24.7. The van der Waals surface area contributed by atoms with Crippen molar-refractivity contribution in [1.82, 2.24) is 25.1 Å². The highest BCUT2D eigenvalue weighted by Gasteiger charge is 2.20. The summed E-state index contributed by atoms with van der Waals surface area (Å²) in [7, 11) is 0. The number of piperazine rings is 1. The highest BCUT2D eigenvalue weighted by atomic mass is 19.1. The highest BCUT2D eigenvalue weighted by Crippen LogP contribution is 2.22. The molecule has 0 unspecified atom stereocenters. The van der Waals surface area contributed by atoms with Crippen LogP contribution in [0.4, 0.5) is 4.39 Å². The molecule has 2 aliphatic heterocycles. The van der Waals surface area contributed by atoms with E-state index in [9.17, 15) is 14.3 Å². The SMILES string of the molecule is O=c1ccnc[nH]1.Oc1c(F)cccc1CN1CCN(C2=CC=NCN2)CC1. The number of rotatable bonds is 3. The second-order valence-electron chi connectivity index (χ2n) is 6.33. The number of hydrogen-bond donors (Lipinski definition) is 3. The van der Waals surface area contributed by atoms with Crippen molar-refractivity contribution in [3.8, 4) is 5.75 Å². The first-order valence-corrected chi connectivity index (χ1v) is 9.00. The maximum Gasteiger partial charge on any atom is 0.250 e. The van der Waals surface area contributed by atoms with Gasteiger partial charge in [0.15, 0.2) is 11.6 Å². The number of aromatic hydroxyl groups is 1. The van der Waals surface area contributed by atoms with E-state index < -0.39 is 5.82 Å². The van der Waals surface area contributed by atoms with Crippen LogP contribution in [0.5, 0.6) is 5.75 Å². The molecule has 28 heavy (non-hydrogen) atoms. The molecule has 1 saturated heterocycles. The van der Waals surface area contributed by atoms with Crippen molar-refractivity contribution in [3.63, 3.8) is 0 Å². The first-order valence-electron chi connectivity index (χ1n) is 9.00. The Morgan fingerprint density at radius 2 is 2.00 bits per heavy atom. The zero-order chi connectivity index (χ0) is 19.8. The van der Waals surface area contributed by atoms with E-state index in [4.69, 9.17) is 0 Å². The van der Waals surface area contributed by atoms with Crippen LogP contribution >= 0.6 is 0 Å². The Bertz CT molecular complexity index is 872. The molecule has 0 radical (unpaired) electrons. The van der Waals surface area contributed by atoms with Crippen LogP contribution in [0.1, 0.15) is 5.56 Å². The number of allylic oxidation sites excluding steroid dienone is 1. The monoisotopic (exact) mass is 386 g/mol. The molecule has 2 aromatic rings. The summed E-state index contributed by atoms with van der Waals surface area (Å²) in [5.41, 5.74) is 0.528. The third-order valence-electron chi connectivity index (χ3n) is 4.46. The first-order chi connectivity index (χ1) is 13.6. The van der Waals surface area contributed by atoms with E-state index >= 15 is 0 Å². The standard InChI is InChI=1S/C15H19FN4O.C4H4N2O/c16-13-3-1-2-12(15(13)21)10-19-6-8-20(9-7-19)14-4-5-17-11-18-14;7-4-1-2-5-3-6-4/h1-5,18,21H,6-11H2;1-3H,(H,5,6,7). The van der Waals surface area contributed by atoms with Gasteiger partial charge in [-0.1, -0.05) is 12.1 Å². The fourth-order valence-corrected chi connectivity index (χ4v) is 2.96. The second-order valence-corrected chi connectivity index (χ2v) is 6.33. The van der Waals surface area contributed by atoms with Gasteiger partial charge in [0, 0.05) is 56.8 Å². The smallest absolute Gasteiger partial charge is 0.250 e. The number of hydrogen-bond acceptors (Lipinski definition) is 7. The number of para-hydroxylation sites is 1. The molecule has 0 saturated carbocycles. The Morgan fingerprint density at radius 3 is 2.61 bits per heavy atom. The Balaban J connectivity index is 0.000000271. The van der Waals surface area contributed by atoms with Crippen LogP contribution in [0.25, 0.3) is 0 Å². The van der Waals surface area contributed by atoms with E-state index in [1.807, 2.05) is 12.3 Å². The molecule has 3 heterocycles. The molecule has 0 aliphatic carbocycles. The summed E-state index contributed by atoms with van der Waals surface area (Å²) >= 11 is 0. The van der Waals surface area contributed by atoms with Crippen molar-refractivity contribution in [2.75, 3.05) is 32.8 Å². The zero-order valence-electron chi connectivity index (χ0n) is 15.4. The van der Waals surface area contributed by atoms with Gasteiger partial charge in [-0.25, -0.2) is 9.37 Å². The number of aliphatic imine (C=N–C) groups is 1. The maximum atomic E-state index is 13.3. The van der Waals surface area contributed by atoms with E-state index in [-0.39, 0.29) is 11.3 Å². The number of phenols is 1. The van der Waals surface area contributed by atoms with Gasteiger partial charge in [0.25, 0.3) is 5.56 Å². The molecule has 0 spiro atoms. The molecule has 148 valence electrons. The molecule has 4 rings (SSSR count). The molecule has 0 bridgehead atoms. The first kappa shape index (κ1) is 19.6. The molecular formula is C19H23FN6O2. The number of nitrogens with zero attached hydrogens (tertiary/aromatic N) is 4. The van der Waals surface area contributed by atoms with E-state index in [1.54, 1.807) is 12.1 Å². The molecule has 0 atom stereocenters. The average molecular weight is 386 g/mol. The highest BCUT2D eigenvalue weighted by molar-refractivity contribution is 5.72. The second kappa shape index (κ2) is 9.65. The number of phenolic OH excluding ortho intramolecular Hbond substituents is 1. The number of aromatic nitrogens is 2. The minimum atomic E-state index is -0.554. The Kier molecular flexibility index (Phi) is 6.74. The van der Waals surface area contributed by atoms with E-state index in [0.717, 1.165) is 32.0 Å². The quantitative estimate of drug-likeness (QED) is 0.725. The van der Waals surface area contributed by atoms with Gasteiger partial charge in [-0.3, -0.25) is 14.7 Å². The minimum absolute atomic E-state index is 0.116. The van der Waals surface area contributed by atoms with Crippen molar-refractivity contribution < 1.29 is 9.50 Å². The maximum absolute atomic E-state index is 13.3. The molecule has 1 aromatic heterocycles. The third kappa shape index (κ3) is 5.40. The van der Waals surface area contributed by atoms with Crippen molar-refractivity contribution in [2.24, 2.45) is 4.99 Å². The van der Waals surface area contributed by atoms with Gasteiger partial charge in [0.1, 0.15) is 12.5 Å². The van der Waals surface area contributed by atoms with Gasteiger partial charge in [-0.2, -0.15) is 0 Å². The van der Waals surface area contributed by atoms with E-state index in [0.29, 0.717) is 18.8 Å². The van der Waals surface area contributed by atoms with Gasteiger partial charge < -0.3 is 20.3 Å². The molecule has 0 amide bonds. The van der Waals surface area contributed by atoms with Crippen LogP contribution in [0.3, 0.4) is 0 Å². The zero-order valence-corrected chi connectivity index (χ0v) is 15.4. The Morgan fingerprint density at radius 1 is 1.18 bits per heavy atom. The van der Waals surface area contributed by atoms with Gasteiger partial charge >= 0.3 is 0 Å². The van der Waals surface area contributed by atoms with Gasteiger partial charge in [-0.05, 0) is 12.1 Å². The molecule has 1 fully saturated rings. The van der Waals surface area contributed by atoms with Gasteiger partial charge in [0.05, 0.1) is 6.33 Å². The number of aromatic amines is 1. The van der Waals surface area contributed by atoms with Crippen LogP contribution in [0, 0.1) is 5.82 Å². The van der Waals surface area contributed by atoms with Crippen LogP contribution < -0.4 is 10.9 Å². The molecule has 8 nitrogen and oxygen atoms in total. The van der Waals surface area contributed by atoms with Crippen molar-refractivity contribution in [3.05, 3.63) is 70.4 Å². The lowest BCUT2D eigenvalue weighted by Crippen LogP contribution is -2.48. The Hall–Kier alpha value is -3.20. The summed E-state index contributed by atoms with van der Waals surface area (Å²) in [6.45, 7) is 4.78. The normalized spacial score (nSPS) is 16.6. The number of benzene rings is 1.